The molecule has 2 N–H and O–H groups in total. The Bertz CT molecular complexity index is 1740. The van der Waals surface area contributed by atoms with Crippen molar-refractivity contribution in [3.05, 3.63) is 122 Å². The monoisotopic (exact) mass is 1080 g/mol. The zero-order valence-corrected chi connectivity index (χ0v) is 48.6. The molecular formula is C64H105O11P. The average molecular weight is 1080 g/mol. The number of esters is 3. The van der Waals surface area contributed by atoms with Crippen molar-refractivity contribution in [1.29, 1.82) is 0 Å². The van der Waals surface area contributed by atoms with Crippen LogP contribution < -0.4 is 0 Å². The second-order valence-electron chi connectivity index (χ2n) is 19.1. The maximum Gasteiger partial charge on any atom is 0.472 e. The van der Waals surface area contributed by atoms with Gasteiger partial charge in [0.25, 0.3) is 0 Å². The molecule has 0 aromatic heterocycles. The standard InChI is InChI=1S/C64H105O11P/c1-4-7-10-13-16-19-22-25-27-29-30-32-34-37-40-43-46-49-52-55-64(68)75-61(57-71-62(66)53-50-47-44-41-38-35-24-21-18-15-12-9-6-3)59-73-76(69,70)72-58-60(56-65)74-63(67)54-51-48-45-42-39-36-33-31-28-26-23-20-17-14-11-8-5-2/h7,10,12,15-17,19-21,24-28,30,32,37,40,46,49,60-61,65H,4-6,8-9,11,13-14,18,22-23,29,31,33-36,38-39,41-45,47-48,50-59H2,1-3H3,(H,69,70)/b10-7-,15-12-,19-16-,20-17-,24-21-,27-25-,28-26-,32-30-,40-37-,49-46-. The number of allylic oxidation sites excluding steroid dienone is 20. The van der Waals surface area contributed by atoms with Crippen molar-refractivity contribution < 1.29 is 52.2 Å². The van der Waals surface area contributed by atoms with E-state index in [1.807, 2.05) is 12.2 Å². The summed E-state index contributed by atoms with van der Waals surface area (Å²) in [4.78, 5) is 48.5. The summed E-state index contributed by atoms with van der Waals surface area (Å²) in [5, 5.41) is 9.83. The Hall–Kier alpha value is -4.12. The second kappa shape index (κ2) is 57.1. The van der Waals surface area contributed by atoms with Crippen LogP contribution in [0, 0.1) is 0 Å². The molecule has 76 heavy (non-hydrogen) atoms. The minimum absolute atomic E-state index is 0.0329. The molecule has 3 unspecified atom stereocenters. The van der Waals surface area contributed by atoms with Crippen LogP contribution in [0.5, 0.6) is 0 Å². The summed E-state index contributed by atoms with van der Waals surface area (Å²) >= 11 is 0. The van der Waals surface area contributed by atoms with Crippen LogP contribution >= 0.6 is 7.82 Å². The number of hydrogen-bond acceptors (Lipinski definition) is 10. The lowest BCUT2D eigenvalue weighted by molar-refractivity contribution is -0.161. The Labute approximate surface area is 462 Å². The number of carbonyl (C=O) groups excluding carboxylic acids is 3. The van der Waals surface area contributed by atoms with E-state index in [-0.39, 0.29) is 25.9 Å². The molecule has 432 valence electrons. The maximum atomic E-state index is 12.9. The predicted octanol–water partition coefficient (Wildman–Crippen LogP) is 17.6. The van der Waals surface area contributed by atoms with E-state index < -0.39 is 57.8 Å². The highest BCUT2D eigenvalue weighted by molar-refractivity contribution is 7.47. The van der Waals surface area contributed by atoms with Crippen LogP contribution in [0.1, 0.15) is 226 Å². The second-order valence-corrected chi connectivity index (χ2v) is 20.5. The smallest absolute Gasteiger partial charge is 0.462 e. The fourth-order valence-corrected chi connectivity index (χ4v) is 8.17. The molecule has 0 heterocycles. The van der Waals surface area contributed by atoms with Crippen molar-refractivity contribution in [2.24, 2.45) is 0 Å². The van der Waals surface area contributed by atoms with Crippen molar-refractivity contribution in [1.82, 2.24) is 0 Å². The molecule has 0 bridgehead atoms. The van der Waals surface area contributed by atoms with Gasteiger partial charge < -0.3 is 24.2 Å². The van der Waals surface area contributed by atoms with Crippen molar-refractivity contribution >= 4 is 25.7 Å². The molecule has 0 amide bonds. The van der Waals surface area contributed by atoms with Gasteiger partial charge in [-0.15, -0.1) is 0 Å². The molecule has 0 aliphatic carbocycles. The van der Waals surface area contributed by atoms with Gasteiger partial charge in [-0.3, -0.25) is 23.4 Å². The number of phosphoric acid groups is 1. The predicted molar refractivity (Wildman–Crippen MR) is 316 cm³/mol. The molecule has 12 heteroatoms. The van der Waals surface area contributed by atoms with Gasteiger partial charge in [-0.05, 0) is 116 Å². The SMILES string of the molecule is CC/C=C\C/C=C\C/C=C\C/C=C\C/C=C\C/C=C\CCC(=O)OC(COC(=O)CCCCCCC/C=C\C/C=C\CCC)COP(=O)(O)OCC(CO)OC(=O)CCCCCCCCC/C=C\C/C=C\CCCCC. The van der Waals surface area contributed by atoms with Gasteiger partial charge in [0.05, 0.1) is 19.8 Å². The summed E-state index contributed by atoms with van der Waals surface area (Å²) in [7, 11) is -4.78. The molecule has 0 aromatic rings. The molecule has 0 radical (unpaired) electrons. The van der Waals surface area contributed by atoms with Gasteiger partial charge in [-0.1, -0.05) is 213 Å². The number of ether oxygens (including phenoxy) is 3. The summed E-state index contributed by atoms with van der Waals surface area (Å²) in [6.45, 7) is 4.32. The number of aliphatic hydroxyl groups is 1. The van der Waals surface area contributed by atoms with Crippen molar-refractivity contribution in [3.8, 4) is 0 Å². The minimum Gasteiger partial charge on any atom is -0.462 e. The molecular weight excluding hydrogens is 976 g/mol. The van der Waals surface area contributed by atoms with Crippen LogP contribution in [0.3, 0.4) is 0 Å². The van der Waals surface area contributed by atoms with Crippen LogP contribution in [0.2, 0.25) is 0 Å². The molecule has 0 aliphatic rings. The number of phosphoric ester groups is 1. The highest BCUT2D eigenvalue weighted by Crippen LogP contribution is 2.43. The van der Waals surface area contributed by atoms with Gasteiger partial charge in [0, 0.05) is 19.3 Å². The van der Waals surface area contributed by atoms with Crippen LogP contribution in [-0.4, -0.2) is 66.5 Å². The van der Waals surface area contributed by atoms with E-state index in [9.17, 15) is 28.9 Å². The molecule has 3 atom stereocenters. The highest BCUT2D eigenvalue weighted by atomic mass is 31.2. The largest absolute Gasteiger partial charge is 0.472 e. The molecule has 0 aliphatic heterocycles. The number of rotatable bonds is 53. The number of unbranched alkanes of at least 4 members (excludes halogenated alkanes) is 16. The normalized spacial score (nSPS) is 14.2. The van der Waals surface area contributed by atoms with E-state index in [0.29, 0.717) is 25.7 Å². The third-order valence-corrected chi connectivity index (χ3v) is 12.8. The Balaban J connectivity index is 4.83. The summed E-state index contributed by atoms with van der Waals surface area (Å²) in [6, 6.07) is 0. The van der Waals surface area contributed by atoms with Gasteiger partial charge in [0.15, 0.2) is 6.10 Å². The molecule has 0 spiro atoms. The number of hydrogen-bond donors (Lipinski definition) is 2. The van der Waals surface area contributed by atoms with Crippen LogP contribution in [0.15, 0.2) is 122 Å². The maximum absolute atomic E-state index is 12.9. The third kappa shape index (κ3) is 54.7. The molecule has 0 rings (SSSR count). The van der Waals surface area contributed by atoms with Crippen molar-refractivity contribution in [2.45, 2.75) is 238 Å². The molecule has 0 fully saturated rings. The van der Waals surface area contributed by atoms with Gasteiger partial charge in [0.1, 0.15) is 12.7 Å². The van der Waals surface area contributed by atoms with E-state index in [1.165, 1.54) is 38.5 Å². The van der Waals surface area contributed by atoms with Crippen molar-refractivity contribution in [2.75, 3.05) is 26.4 Å². The Kier molecular flexibility index (Phi) is 54.0. The lowest BCUT2D eigenvalue weighted by atomic mass is 10.1. The van der Waals surface area contributed by atoms with E-state index in [2.05, 4.69) is 130 Å². The first-order valence-corrected chi connectivity index (χ1v) is 30.9. The van der Waals surface area contributed by atoms with Crippen LogP contribution in [-0.2, 0) is 42.2 Å². The summed E-state index contributed by atoms with van der Waals surface area (Å²) < 4.78 is 39.4. The molecule has 0 saturated heterocycles. The first-order chi connectivity index (χ1) is 37.2. The third-order valence-electron chi connectivity index (χ3n) is 11.8. The number of aliphatic hydroxyl groups excluding tert-OH is 1. The lowest BCUT2D eigenvalue weighted by Gasteiger charge is -2.21. The van der Waals surface area contributed by atoms with Gasteiger partial charge >= 0.3 is 25.7 Å². The Morgan fingerprint density at radius 1 is 0.382 bits per heavy atom. The quantitative estimate of drug-likeness (QED) is 0.0197. The fraction of sp³-hybridized carbons (Fsp3) is 0.641. The molecule has 0 saturated carbocycles. The van der Waals surface area contributed by atoms with E-state index in [1.54, 1.807) is 0 Å². The van der Waals surface area contributed by atoms with Crippen molar-refractivity contribution in [3.63, 3.8) is 0 Å². The summed E-state index contributed by atoms with van der Waals surface area (Å²) in [5.41, 5.74) is 0. The molecule has 11 nitrogen and oxygen atoms in total. The van der Waals surface area contributed by atoms with Gasteiger partial charge in [0.2, 0.25) is 0 Å². The lowest BCUT2D eigenvalue weighted by Crippen LogP contribution is -2.30. The fourth-order valence-electron chi connectivity index (χ4n) is 7.39. The van der Waals surface area contributed by atoms with E-state index in [0.717, 1.165) is 122 Å². The first-order valence-electron chi connectivity index (χ1n) is 29.4. The Morgan fingerprint density at radius 3 is 1.18 bits per heavy atom. The minimum atomic E-state index is -4.78. The molecule has 0 aromatic carbocycles. The zero-order chi connectivity index (χ0) is 55.5. The average Bonchev–Trinajstić information content (AvgIpc) is 3.41. The highest BCUT2D eigenvalue weighted by Gasteiger charge is 2.28. The van der Waals surface area contributed by atoms with Gasteiger partial charge in [-0.2, -0.15) is 0 Å². The Morgan fingerprint density at radius 2 is 0.737 bits per heavy atom. The van der Waals surface area contributed by atoms with Crippen LogP contribution in [0.25, 0.3) is 0 Å². The summed E-state index contributed by atoms with van der Waals surface area (Å²) in [6.07, 6.45) is 70.2. The first kappa shape index (κ1) is 71.9. The van der Waals surface area contributed by atoms with E-state index >= 15 is 0 Å². The van der Waals surface area contributed by atoms with Crippen LogP contribution in [0.4, 0.5) is 0 Å². The topological polar surface area (TPSA) is 155 Å². The van der Waals surface area contributed by atoms with Gasteiger partial charge in [-0.25, -0.2) is 4.57 Å². The van der Waals surface area contributed by atoms with E-state index in [4.69, 9.17) is 23.3 Å². The zero-order valence-electron chi connectivity index (χ0n) is 47.7. The number of carbonyl (C=O) groups is 3. The summed E-state index contributed by atoms with van der Waals surface area (Å²) in [5.74, 6) is -1.60.